The molecule has 2 aromatic heterocycles. The normalized spacial score (nSPS) is 21.0. The Bertz CT molecular complexity index is 1320. The van der Waals surface area contributed by atoms with E-state index in [0.29, 0.717) is 29.2 Å². The number of amides is 2. The van der Waals surface area contributed by atoms with E-state index in [2.05, 4.69) is 20.6 Å². The number of aryl methyl sites for hydroxylation is 1. The number of likely N-dealkylation sites (tertiary alicyclic amines) is 1. The summed E-state index contributed by atoms with van der Waals surface area (Å²) >= 11 is 0. The summed E-state index contributed by atoms with van der Waals surface area (Å²) in [5.74, 6) is 0.0687. The number of nitrogens with one attached hydrogen (secondary N) is 1. The second-order valence-corrected chi connectivity index (χ2v) is 11.3. The van der Waals surface area contributed by atoms with Gasteiger partial charge in [0.1, 0.15) is 23.4 Å². The molecule has 5 rings (SSSR count). The van der Waals surface area contributed by atoms with Crippen LogP contribution in [0.4, 0.5) is 4.39 Å². The molecule has 3 heterocycles. The summed E-state index contributed by atoms with van der Waals surface area (Å²) in [7, 11) is 1.81. The van der Waals surface area contributed by atoms with Gasteiger partial charge in [0, 0.05) is 45.1 Å². The lowest BCUT2D eigenvalue weighted by atomic mass is 9.85. The van der Waals surface area contributed by atoms with Crippen molar-refractivity contribution in [3.8, 4) is 0 Å². The summed E-state index contributed by atoms with van der Waals surface area (Å²) in [6.45, 7) is 6.21. The second-order valence-electron chi connectivity index (χ2n) is 11.3. The van der Waals surface area contributed by atoms with E-state index >= 15 is 0 Å². The number of nitrogens with zero attached hydrogens (tertiary/aromatic N) is 6. The minimum Gasteiger partial charge on any atom is -0.391 e. The Kier molecular flexibility index (Phi) is 6.51. The standard InChI is InChI=1S/C26H34FN7O3/c1-26(2,3)23(34-14-18(30-31-34)15-8-9-15)25(37)33-13-16(35)12-20(33)24(36)28-11-10-21-29-22-17(27)6-5-7-19(22)32(21)4/h5-7,14-16,20,23,35H,8-13H2,1-4H3,(H,28,36)/t16?,20?,23-/m1/s1. The fraction of sp³-hybridized carbons (Fsp3) is 0.577. The smallest absolute Gasteiger partial charge is 0.248 e. The molecular formula is C26H34FN7O3. The highest BCUT2D eigenvalue weighted by Gasteiger charge is 2.45. The third-order valence-corrected chi connectivity index (χ3v) is 7.31. The zero-order valence-corrected chi connectivity index (χ0v) is 21.7. The minimum atomic E-state index is -0.795. The quantitative estimate of drug-likeness (QED) is 0.502. The number of carbonyl (C=O) groups is 2. The average Bonchev–Trinajstić information content (AvgIpc) is 3.30. The molecular weight excluding hydrogens is 477 g/mol. The van der Waals surface area contributed by atoms with Crippen molar-refractivity contribution in [1.82, 2.24) is 34.8 Å². The van der Waals surface area contributed by atoms with Crippen molar-refractivity contribution in [3.05, 3.63) is 41.7 Å². The van der Waals surface area contributed by atoms with Crippen LogP contribution in [0.2, 0.25) is 0 Å². The molecule has 1 saturated carbocycles. The molecule has 0 spiro atoms. The number of aromatic nitrogens is 5. The van der Waals surface area contributed by atoms with Crippen molar-refractivity contribution in [3.63, 3.8) is 0 Å². The maximum atomic E-state index is 14.1. The predicted molar refractivity (Wildman–Crippen MR) is 134 cm³/mol. The number of hydrogen-bond acceptors (Lipinski definition) is 6. The van der Waals surface area contributed by atoms with Gasteiger partial charge in [-0.3, -0.25) is 9.59 Å². The van der Waals surface area contributed by atoms with Crippen LogP contribution in [0.5, 0.6) is 0 Å². The van der Waals surface area contributed by atoms with Gasteiger partial charge in [0.15, 0.2) is 5.82 Å². The Morgan fingerprint density at radius 2 is 2.03 bits per heavy atom. The van der Waals surface area contributed by atoms with Gasteiger partial charge < -0.3 is 19.9 Å². The highest BCUT2D eigenvalue weighted by atomic mass is 19.1. The number of rotatable bonds is 7. The van der Waals surface area contributed by atoms with Crippen LogP contribution < -0.4 is 5.32 Å². The van der Waals surface area contributed by atoms with E-state index in [4.69, 9.17) is 0 Å². The lowest BCUT2D eigenvalue weighted by molar-refractivity contribution is -0.144. The number of carbonyl (C=O) groups excluding carboxylic acids is 2. The van der Waals surface area contributed by atoms with Gasteiger partial charge in [-0.2, -0.15) is 0 Å². The van der Waals surface area contributed by atoms with E-state index in [-0.39, 0.29) is 37.1 Å². The molecule has 10 nitrogen and oxygen atoms in total. The molecule has 2 amide bonds. The van der Waals surface area contributed by atoms with Crippen molar-refractivity contribution in [2.75, 3.05) is 13.1 Å². The Morgan fingerprint density at radius 1 is 1.27 bits per heavy atom. The third-order valence-electron chi connectivity index (χ3n) is 7.31. The number of aliphatic hydroxyl groups is 1. The second kappa shape index (κ2) is 9.51. The molecule has 1 saturated heterocycles. The Morgan fingerprint density at radius 3 is 2.70 bits per heavy atom. The van der Waals surface area contributed by atoms with Crippen LogP contribution in [-0.4, -0.2) is 71.6 Å². The van der Waals surface area contributed by atoms with Gasteiger partial charge in [-0.1, -0.05) is 32.1 Å². The van der Waals surface area contributed by atoms with Crippen molar-refractivity contribution < 1.29 is 19.1 Å². The Hall–Kier alpha value is -3.34. The highest BCUT2D eigenvalue weighted by Crippen LogP contribution is 2.40. The number of hydrogen-bond donors (Lipinski definition) is 2. The van der Waals surface area contributed by atoms with Gasteiger partial charge in [0.2, 0.25) is 11.8 Å². The van der Waals surface area contributed by atoms with Gasteiger partial charge in [-0.15, -0.1) is 5.10 Å². The Balaban J connectivity index is 1.28. The number of β-amino-alcohol motifs (C(OH)–C–C–N with tert-alkyl or cyclic N) is 1. The number of fused-ring (bicyclic) bond motifs is 1. The van der Waals surface area contributed by atoms with Crippen LogP contribution in [0.25, 0.3) is 11.0 Å². The first-order valence-electron chi connectivity index (χ1n) is 12.8. The first kappa shape index (κ1) is 25.3. The fourth-order valence-corrected chi connectivity index (χ4v) is 5.19. The van der Waals surface area contributed by atoms with Crippen molar-refractivity contribution in [1.29, 1.82) is 0 Å². The first-order chi connectivity index (χ1) is 17.5. The summed E-state index contributed by atoms with van der Waals surface area (Å²) in [6.07, 6.45) is 3.77. The number of halogens is 1. The van der Waals surface area contributed by atoms with Crippen LogP contribution in [0, 0.1) is 11.2 Å². The molecule has 2 fully saturated rings. The highest BCUT2D eigenvalue weighted by molar-refractivity contribution is 5.90. The van der Waals surface area contributed by atoms with Gasteiger partial charge in [0.05, 0.1) is 17.3 Å². The molecule has 2 N–H and O–H groups in total. The van der Waals surface area contributed by atoms with E-state index in [0.717, 1.165) is 18.5 Å². The summed E-state index contributed by atoms with van der Waals surface area (Å²) in [4.78, 5) is 32.8. The molecule has 1 aromatic carbocycles. The van der Waals surface area contributed by atoms with Crippen LogP contribution in [0.1, 0.15) is 63.5 Å². The molecule has 198 valence electrons. The number of para-hydroxylation sites is 1. The third kappa shape index (κ3) is 4.96. The molecule has 0 radical (unpaired) electrons. The molecule has 2 unspecified atom stereocenters. The molecule has 3 aromatic rings. The molecule has 2 aliphatic rings. The maximum absolute atomic E-state index is 14.1. The topological polar surface area (TPSA) is 118 Å². The summed E-state index contributed by atoms with van der Waals surface area (Å²) in [5.41, 5.74) is 1.38. The molecule has 1 aliphatic heterocycles. The molecule has 3 atom stereocenters. The van der Waals surface area contributed by atoms with Crippen molar-refractivity contribution >= 4 is 22.8 Å². The maximum Gasteiger partial charge on any atom is 0.248 e. The predicted octanol–water partition coefficient (Wildman–Crippen LogP) is 2.09. The van der Waals surface area contributed by atoms with Crippen molar-refractivity contribution in [2.45, 2.75) is 70.6 Å². The van der Waals surface area contributed by atoms with E-state index in [1.807, 2.05) is 38.6 Å². The van der Waals surface area contributed by atoms with Crippen LogP contribution in [-0.2, 0) is 23.1 Å². The summed E-state index contributed by atoms with van der Waals surface area (Å²) < 4.78 is 17.5. The van der Waals surface area contributed by atoms with Crippen molar-refractivity contribution in [2.24, 2.45) is 12.5 Å². The molecule has 1 aliphatic carbocycles. The van der Waals surface area contributed by atoms with Gasteiger partial charge in [-0.05, 0) is 30.4 Å². The molecule has 37 heavy (non-hydrogen) atoms. The van der Waals surface area contributed by atoms with Crippen LogP contribution in [0.3, 0.4) is 0 Å². The summed E-state index contributed by atoms with van der Waals surface area (Å²) in [6, 6.07) is 3.35. The van der Waals surface area contributed by atoms with E-state index in [1.165, 1.54) is 11.0 Å². The zero-order chi connectivity index (χ0) is 26.5. The van der Waals surface area contributed by atoms with E-state index in [1.54, 1.807) is 16.8 Å². The average molecular weight is 512 g/mol. The molecule has 11 heteroatoms. The summed E-state index contributed by atoms with van der Waals surface area (Å²) in [5, 5.41) is 21.8. The fourth-order valence-electron chi connectivity index (χ4n) is 5.19. The zero-order valence-electron chi connectivity index (χ0n) is 21.7. The van der Waals surface area contributed by atoms with E-state index < -0.39 is 23.6 Å². The molecule has 0 bridgehead atoms. The SMILES string of the molecule is Cn1c(CCNC(=O)C2CC(O)CN2C(=O)[C@@H](n2cc(C3CC3)nn2)C(C)(C)C)nc2c(F)cccc21. The van der Waals surface area contributed by atoms with Gasteiger partial charge >= 0.3 is 0 Å². The lowest BCUT2D eigenvalue weighted by Crippen LogP contribution is -2.50. The first-order valence-corrected chi connectivity index (χ1v) is 12.8. The van der Waals surface area contributed by atoms with Gasteiger partial charge in [0.25, 0.3) is 0 Å². The van der Waals surface area contributed by atoms with Crippen LogP contribution in [0.15, 0.2) is 24.4 Å². The lowest BCUT2D eigenvalue weighted by Gasteiger charge is -2.34. The van der Waals surface area contributed by atoms with Crippen LogP contribution >= 0.6 is 0 Å². The minimum absolute atomic E-state index is 0.0811. The number of imidazole rings is 1. The Labute approximate surface area is 214 Å². The monoisotopic (exact) mass is 511 g/mol. The van der Waals surface area contributed by atoms with E-state index in [9.17, 15) is 19.1 Å². The largest absolute Gasteiger partial charge is 0.391 e. The number of benzene rings is 1. The van der Waals surface area contributed by atoms with Gasteiger partial charge in [-0.25, -0.2) is 14.1 Å². The number of aliphatic hydroxyl groups excluding tert-OH is 1.